The summed E-state index contributed by atoms with van der Waals surface area (Å²) in [5.74, 6) is 1.17. The van der Waals surface area contributed by atoms with Crippen LogP contribution in [0.5, 0.6) is 5.75 Å². The van der Waals surface area contributed by atoms with Crippen LogP contribution in [0.25, 0.3) is 10.6 Å². The van der Waals surface area contributed by atoms with Crippen molar-refractivity contribution in [1.29, 1.82) is 0 Å². The van der Waals surface area contributed by atoms with Crippen LogP contribution >= 0.6 is 34.3 Å². The average Bonchev–Trinajstić information content (AvgIpc) is 3.42. The molecule has 9 heteroatoms. The van der Waals surface area contributed by atoms with E-state index in [0.717, 1.165) is 27.6 Å². The Labute approximate surface area is 180 Å². The van der Waals surface area contributed by atoms with E-state index >= 15 is 0 Å². The molecular formula is C20H16ClN3O3S2. The summed E-state index contributed by atoms with van der Waals surface area (Å²) >= 11 is 8.79. The number of aryl methyl sites for hydroxylation is 2. The Balaban J connectivity index is 1.37. The normalized spacial score (nSPS) is 10.9. The Bertz CT molecular complexity index is 1130. The summed E-state index contributed by atoms with van der Waals surface area (Å²) in [6.07, 6.45) is 0. The lowest BCUT2D eigenvalue weighted by Gasteiger charge is -2.07. The number of thiazole rings is 1. The number of carbonyl (C=O) groups excluding carboxylic acids is 1. The number of hydrogen-bond acceptors (Lipinski definition) is 7. The highest BCUT2D eigenvalue weighted by atomic mass is 35.5. The van der Waals surface area contributed by atoms with E-state index in [4.69, 9.17) is 20.9 Å². The van der Waals surface area contributed by atoms with Crippen molar-refractivity contribution >= 4 is 45.3 Å². The zero-order valence-corrected chi connectivity index (χ0v) is 18.0. The molecule has 148 valence electrons. The molecule has 4 aromatic rings. The molecule has 0 aliphatic carbocycles. The van der Waals surface area contributed by atoms with Crippen molar-refractivity contribution in [2.45, 2.75) is 20.5 Å². The van der Waals surface area contributed by atoms with Crippen LogP contribution in [0.15, 0.2) is 46.3 Å². The molecule has 4 rings (SSSR count). The number of nitrogens with zero attached hydrogens (tertiary/aromatic N) is 2. The molecular weight excluding hydrogens is 430 g/mol. The number of nitrogens with one attached hydrogen (secondary N) is 1. The molecule has 1 N–H and O–H groups in total. The van der Waals surface area contributed by atoms with Gasteiger partial charge in [0.1, 0.15) is 18.1 Å². The fourth-order valence-electron chi connectivity index (χ4n) is 2.63. The van der Waals surface area contributed by atoms with Crippen molar-refractivity contribution in [3.63, 3.8) is 0 Å². The molecule has 0 atom stereocenters. The number of amides is 1. The van der Waals surface area contributed by atoms with Gasteiger partial charge < -0.3 is 9.26 Å². The van der Waals surface area contributed by atoms with E-state index in [0.29, 0.717) is 27.4 Å². The maximum Gasteiger partial charge on any atom is 0.257 e. The van der Waals surface area contributed by atoms with Gasteiger partial charge in [-0.05, 0) is 50.2 Å². The van der Waals surface area contributed by atoms with Gasteiger partial charge in [-0.3, -0.25) is 10.1 Å². The molecule has 0 saturated carbocycles. The van der Waals surface area contributed by atoms with Crippen LogP contribution in [0.4, 0.5) is 5.13 Å². The maximum atomic E-state index is 12.5. The summed E-state index contributed by atoms with van der Waals surface area (Å²) in [6.45, 7) is 4.09. The number of halogens is 1. The second kappa shape index (κ2) is 8.36. The maximum absolute atomic E-state index is 12.5. The molecule has 0 saturated heterocycles. The monoisotopic (exact) mass is 445 g/mol. The minimum absolute atomic E-state index is 0.229. The van der Waals surface area contributed by atoms with E-state index in [2.05, 4.69) is 15.5 Å². The van der Waals surface area contributed by atoms with Crippen molar-refractivity contribution in [2.75, 3.05) is 5.32 Å². The van der Waals surface area contributed by atoms with Crippen LogP contribution in [-0.2, 0) is 6.61 Å². The SMILES string of the molecule is Cc1noc(C)c1COc1ccc(C(=O)Nc2nc(-c3ccc(Cl)s3)cs2)cc1. The van der Waals surface area contributed by atoms with E-state index in [1.807, 2.05) is 31.4 Å². The minimum atomic E-state index is -0.229. The standard InChI is InChI=1S/C20H16ClN3O3S2/c1-11-15(12(2)27-24-11)9-26-14-5-3-13(4-6-14)19(25)23-20-22-16(10-28-20)17-7-8-18(21)29-17/h3-8,10H,9H2,1-2H3,(H,22,23,25). The van der Waals surface area contributed by atoms with Gasteiger partial charge in [0.2, 0.25) is 0 Å². The zero-order chi connectivity index (χ0) is 20.4. The lowest BCUT2D eigenvalue weighted by molar-refractivity contribution is 0.102. The number of carbonyl (C=O) groups is 1. The number of rotatable bonds is 6. The first kappa shape index (κ1) is 19.6. The Hall–Kier alpha value is -2.68. The third-order valence-electron chi connectivity index (χ3n) is 4.23. The number of ether oxygens (including phenoxy) is 1. The molecule has 3 heterocycles. The van der Waals surface area contributed by atoms with Gasteiger partial charge in [-0.1, -0.05) is 16.8 Å². The van der Waals surface area contributed by atoms with Crippen molar-refractivity contribution in [3.8, 4) is 16.3 Å². The Morgan fingerprint density at radius 3 is 2.66 bits per heavy atom. The molecule has 1 aromatic carbocycles. The topological polar surface area (TPSA) is 77.2 Å². The van der Waals surface area contributed by atoms with Gasteiger partial charge in [-0.2, -0.15) is 0 Å². The Kier molecular flexibility index (Phi) is 5.66. The van der Waals surface area contributed by atoms with Crippen LogP contribution in [-0.4, -0.2) is 16.0 Å². The second-order valence-corrected chi connectivity index (χ2v) is 8.78. The van der Waals surface area contributed by atoms with E-state index in [-0.39, 0.29) is 5.91 Å². The molecule has 3 aromatic heterocycles. The molecule has 0 aliphatic rings. The molecule has 0 unspecified atom stereocenters. The van der Waals surface area contributed by atoms with Gasteiger partial charge >= 0.3 is 0 Å². The van der Waals surface area contributed by atoms with Crippen molar-refractivity contribution in [3.05, 3.63) is 68.7 Å². The van der Waals surface area contributed by atoms with Crippen LogP contribution in [0.2, 0.25) is 4.34 Å². The summed E-state index contributed by atoms with van der Waals surface area (Å²) in [5, 5.41) is 9.16. The number of thiophene rings is 1. The average molecular weight is 446 g/mol. The van der Waals surface area contributed by atoms with Gasteiger partial charge in [0, 0.05) is 10.9 Å². The van der Waals surface area contributed by atoms with E-state index in [9.17, 15) is 4.79 Å². The smallest absolute Gasteiger partial charge is 0.257 e. The quantitative estimate of drug-likeness (QED) is 0.396. The Morgan fingerprint density at radius 2 is 2.00 bits per heavy atom. The Morgan fingerprint density at radius 1 is 1.21 bits per heavy atom. The van der Waals surface area contributed by atoms with E-state index in [1.54, 1.807) is 24.3 Å². The molecule has 0 aliphatic heterocycles. The second-order valence-electron chi connectivity index (χ2n) is 6.21. The fraction of sp³-hybridized carbons (Fsp3) is 0.150. The predicted molar refractivity (Wildman–Crippen MR) is 115 cm³/mol. The highest BCUT2D eigenvalue weighted by Gasteiger charge is 2.12. The number of benzene rings is 1. The highest BCUT2D eigenvalue weighted by molar-refractivity contribution is 7.20. The van der Waals surface area contributed by atoms with Crippen LogP contribution in [0.1, 0.15) is 27.4 Å². The summed E-state index contributed by atoms with van der Waals surface area (Å²) in [7, 11) is 0. The van der Waals surface area contributed by atoms with E-state index in [1.165, 1.54) is 22.7 Å². The summed E-state index contributed by atoms with van der Waals surface area (Å²) < 4.78 is 11.6. The predicted octanol–water partition coefficient (Wildman–Crippen LogP) is 5.96. The fourth-order valence-corrected chi connectivity index (χ4v) is 4.42. The van der Waals surface area contributed by atoms with Crippen molar-refractivity contribution < 1.29 is 14.1 Å². The minimum Gasteiger partial charge on any atom is -0.489 e. The van der Waals surface area contributed by atoms with Gasteiger partial charge in [0.25, 0.3) is 5.91 Å². The number of hydrogen-bond donors (Lipinski definition) is 1. The summed E-state index contributed by atoms with van der Waals surface area (Å²) in [5.41, 5.74) is 3.06. The lowest BCUT2D eigenvalue weighted by Crippen LogP contribution is -2.11. The first-order valence-corrected chi connectivity index (χ1v) is 10.7. The van der Waals surface area contributed by atoms with Crippen molar-refractivity contribution in [2.24, 2.45) is 0 Å². The lowest BCUT2D eigenvalue weighted by atomic mass is 10.2. The third kappa shape index (κ3) is 4.50. The molecule has 1 amide bonds. The molecule has 0 radical (unpaired) electrons. The largest absolute Gasteiger partial charge is 0.489 e. The summed E-state index contributed by atoms with van der Waals surface area (Å²) in [4.78, 5) is 17.9. The third-order valence-corrected chi connectivity index (χ3v) is 6.24. The first-order valence-electron chi connectivity index (χ1n) is 8.67. The van der Waals surface area contributed by atoms with Gasteiger partial charge in [-0.15, -0.1) is 22.7 Å². The molecule has 0 bridgehead atoms. The molecule has 29 heavy (non-hydrogen) atoms. The van der Waals surface area contributed by atoms with Crippen molar-refractivity contribution in [1.82, 2.24) is 10.1 Å². The van der Waals surface area contributed by atoms with E-state index < -0.39 is 0 Å². The molecule has 0 fully saturated rings. The highest BCUT2D eigenvalue weighted by Crippen LogP contribution is 2.33. The van der Waals surface area contributed by atoms with Crippen LogP contribution in [0.3, 0.4) is 0 Å². The van der Waals surface area contributed by atoms with Gasteiger partial charge in [-0.25, -0.2) is 4.98 Å². The zero-order valence-electron chi connectivity index (χ0n) is 15.6. The number of aromatic nitrogens is 2. The van der Waals surface area contributed by atoms with Gasteiger partial charge in [0.05, 0.1) is 26.2 Å². The van der Waals surface area contributed by atoms with Crippen LogP contribution in [0, 0.1) is 13.8 Å². The van der Waals surface area contributed by atoms with Crippen LogP contribution < -0.4 is 10.1 Å². The first-order chi connectivity index (χ1) is 14.0. The van der Waals surface area contributed by atoms with Gasteiger partial charge in [0.15, 0.2) is 5.13 Å². The summed E-state index contributed by atoms with van der Waals surface area (Å²) in [6, 6.07) is 10.7. The molecule has 0 spiro atoms. The number of anilines is 1. The molecule has 6 nitrogen and oxygen atoms in total.